The molecule has 1 saturated heterocycles. The molecule has 3 rings (SSSR count). The van der Waals surface area contributed by atoms with Gasteiger partial charge in [-0.05, 0) is 57.1 Å². The van der Waals surface area contributed by atoms with E-state index in [1.807, 2.05) is 31.1 Å². The van der Waals surface area contributed by atoms with Crippen LogP contribution in [0.1, 0.15) is 56.6 Å². The SMILES string of the molecule is CCCCN(CCCN(C)C)C(=O)CN1C[C@H](c2ccc3c(c2)CCO3)[C@@H](C(=O)O)[C@@H]1CCN(C)C(C)=O. The standard InChI is InChI=1S/C29H46N4O5/c1-6-7-14-32(15-8-13-30(3)4)27(35)20-33-19-24(22-9-10-26-23(18-22)12-17-38-26)28(29(36)37)25(33)11-16-31(5)21(2)34/h9-10,18,24-25,28H,6-8,11-17,19-20H2,1-5H3,(H,36,37)/t24-,25+,28-/m1/s1. The van der Waals surface area contributed by atoms with E-state index in [0.29, 0.717) is 39.2 Å². The smallest absolute Gasteiger partial charge is 0.308 e. The molecule has 9 heteroatoms. The van der Waals surface area contributed by atoms with Crippen molar-refractivity contribution in [3.8, 4) is 5.75 Å². The van der Waals surface area contributed by atoms with E-state index < -0.39 is 11.9 Å². The second kappa shape index (κ2) is 13.9. The topological polar surface area (TPSA) is 93.6 Å². The quantitative estimate of drug-likeness (QED) is 0.395. The number of hydrogen-bond donors (Lipinski definition) is 1. The van der Waals surface area contributed by atoms with Crippen molar-refractivity contribution in [1.82, 2.24) is 19.6 Å². The van der Waals surface area contributed by atoms with Gasteiger partial charge in [-0.25, -0.2) is 0 Å². The van der Waals surface area contributed by atoms with Gasteiger partial charge in [-0.15, -0.1) is 0 Å². The Labute approximate surface area is 227 Å². The molecule has 9 nitrogen and oxygen atoms in total. The Bertz CT molecular complexity index is 968. The fourth-order valence-electron chi connectivity index (χ4n) is 5.67. The molecular formula is C29H46N4O5. The summed E-state index contributed by atoms with van der Waals surface area (Å²) in [6, 6.07) is 5.66. The van der Waals surface area contributed by atoms with E-state index in [1.165, 1.54) is 6.92 Å². The van der Waals surface area contributed by atoms with E-state index in [-0.39, 0.29) is 30.3 Å². The zero-order valence-electron chi connectivity index (χ0n) is 23.8. The van der Waals surface area contributed by atoms with Crippen LogP contribution in [-0.4, -0.2) is 116 Å². The average Bonchev–Trinajstić information content (AvgIpc) is 3.48. The van der Waals surface area contributed by atoms with Crippen molar-refractivity contribution in [2.24, 2.45) is 5.92 Å². The average molecular weight is 531 g/mol. The van der Waals surface area contributed by atoms with Crippen LogP contribution in [0.3, 0.4) is 0 Å². The van der Waals surface area contributed by atoms with Gasteiger partial charge in [0, 0.05) is 58.5 Å². The fourth-order valence-corrected chi connectivity index (χ4v) is 5.67. The monoisotopic (exact) mass is 530 g/mol. The lowest BCUT2D eigenvalue weighted by Crippen LogP contribution is -2.46. The van der Waals surface area contributed by atoms with Gasteiger partial charge >= 0.3 is 5.97 Å². The van der Waals surface area contributed by atoms with Crippen molar-refractivity contribution < 1.29 is 24.2 Å². The van der Waals surface area contributed by atoms with Crippen LogP contribution in [0.25, 0.3) is 0 Å². The zero-order chi connectivity index (χ0) is 27.8. The number of carbonyl (C=O) groups excluding carboxylic acids is 2. The summed E-state index contributed by atoms with van der Waals surface area (Å²) < 4.78 is 5.66. The Morgan fingerprint density at radius 2 is 1.82 bits per heavy atom. The maximum absolute atomic E-state index is 13.6. The molecule has 3 atom stereocenters. The summed E-state index contributed by atoms with van der Waals surface area (Å²) in [7, 11) is 5.79. The number of carboxylic acid groups (broad SMARTS) is 1. The molecule has 0 unspecified atom stereocenters. The van der Waals surface area contributed by atoms with Crippen LogP contribution < -0.4 is 4.74 Å². The van der Waals surface area contributed by atoms with Gasteiger partial charge in [0.15, 0.2) is 0 Å². The number of benzene rings is 1. The van der Waals surface area contributed by atoms with Gasteiger partial charge < -0.3 is 24.5 Å². The predicted octanol–water partition coefficient (Wildman–Crippen LogP) is 2.54. The molecule has 0 radical (unpaired) electrons. The first kappa shape index (κ1) is 29.9. The summed E-state index contributed by atoms with van der Waals surface area (Å²) in [6.45, 7) is 7.72. The zero-order valence-corrected chi connectivity index (χ0v) is 23.8. The number of fused-ring (bicyclic) bond motifs is 1. The molecule has 212 valence electrons. The molecule has 1 N–H and O–H groups in total. The van der Waals surface area contributed by atoms with E-state index >= 15 is 0 Å². The van der Waals surface area contributed by atoms with Gasteiger partial charge in [-0.3, -0.25) is 19.3 Å². The first-order valence-electron chi connectivity index (χ1n) is 14.0. The highest BCUT2D eigenvalue weighted by Gasteiger charge is 2.47. The minimum absolute atomic E-state index is 0.0503. The van der Waals surface area contributed by atoms with E-state index in [4.69, 9.17) is 4.74 Å². The number of unbranched alkanes of at least 4 members (excludes halogenated alkanes) is 1. The number of likely N-dealkylation sites (tertiary alicyclic amines) is 1. The summed E-state index contributed by atoms with van der Waals surface area (Å²) in [5.74, 6) is -0.896. The lowest BCUT2D eigenvalue weighted by molar-refractivity contribution is -0.144. The largest absolute Gasteiger partial charge is 0.493 e. The number of aliphatic carboxylic acids is 1. The third kappa shape index (κ3) is 7.69. The molecule has 2 heterocycles. The maximum Gasteiger partial charge on any atom is 0.308 e. The minimum Gasteiger partial charge on any atom is -0.493 e. The summed E-state index contributed by atoms with van der Waals surface area (Å²) >= 11 is 0. The van der Waals surface area contributed by atoms with Crippen molar-refractivity contribution >= 4 is 17.8 Å². The van der Waals surface area contributed by atoms with Crippen LogP contribution in [0.4, 0.5) is 0 Å². The molecule has 1 aromatic carbocycles. The van der Waals surface area contributed by atoms with Crippen LogP contribution in [-0.2, 0) is 20.8 Å². The van der Waals surface area contributed by atoms with Gasteiger partial charge in [0.25, 0.3) is 0 Å². The van der Waals surface area contributed by atoms with Gasteiger partial charge in [0.1, 0.15) is 5.75 Å². The molecule has 0 saturated carbocycles. The van der Waals surface area contributed by atoms with E-state index in [9.17, 15) is 19.5 Å². The summed E-state index contributed by atoms with van der Waals surface area (Å²) in [4.78, 5) is 45.9. The fraction of sp³-hybridized carbons (Fsp3) is 0.690. The van der Waals surface area contributed by atoms with Gasteiger partial charge in [0.05, 0.1) is 19.1 Å². The first-order valence-corrected chi connectivity index (χ1v) is 14.0. The number of carbonyl (C=O) groups is 3. The molecule has 1 fully saturated rings. The van der Waals surface area contributed by atoms with Gasteiger partial charge in [0.2, 0.25) is 11.8 Å². The maximum atomic E-state index is 13.6. The molecular weight excluding hydrogens is 484 g/mol. The Morgan fingerprint density at radius 3 is 2.47 bits per heavy atom. The highest BCUT2D eigenvalue weighted by molar-refractivity contribution is 5.79. The van der Waals surface area contributed by atoms with E-state index in [2.05, 4.69) is 22.8 Å². The van der Waals surface area contributed by atoms with Crippen LogP contribution in [0, 0.1) is 5.92 Å². The summed E-state index contributed by atoms with van der Waals surface area (Å²) in [5.41, 5.74) is 2.09. The highest BCUT2D eigenvalue weighted by Crippen LogP contribution is 2.41. The van der Waals surface area contributed by atoms with Crippen molar-refractivity contribution in [3.05, 3.63) is 29.3 Å². The molecule has 2 aliphatic rings. The number of ether oxygens (including phenoxy) is 1. The predicted molar refractivity (Wildman–Crippen MR) is 147 cm³/mol. The summed E-state index contributed by atoms with van der Waals surface area (Å²) in [5, 5.41) is 10.4. The second-order valence-corrected chi connectivity index (χ2v) is 11.1. The highest BCUT2D eigenvalue weighted by atomic mass is 16.5. The third-order valence-electron chi connectivity index (χ3n) is 7.98. The number of rotatable bonds is 14. The van der Waals surface area contributed by atoms with Crippen LogP contribution >= 0.6 is 0 Å². The number of nitrogens with zero attached hydrogens (tertiary/aromatic N) is 4. The van der Waals surface area contributed by atoms with Crippen molar-refractivity contribution in [3.63, 3.8) is 0 Å². The molecule has 38 heavy (non-hydrogen) atoms. The Balaban J connectivity index is 1.84. The van der Waals surface area contributed by atoms with Crippen LogP contribution in [0.15, 0.2) is 18.2 Å². The van der Waals surface area contributed by atoms with Crippen LogP contribution in [0.5, 0.6) is 5.75 Å². The normalized spacial score (nSPS) is 20.8. The Hall–Kier alpha value is -2.65. The lowest BCUT2D eigenvalue weighted by atomic mass is 9.83. The Kier molecular flexibility index (Phi) is 11.0. The van der Waals surface area contributed by atoms with Crippen molar-refractivity contribution in [2.45, 2.75) is 57.9 Å². The molecule has 0 aliphatic carbocycles. The van der Waals surface area contributed by atoms with Gasteiger partial charge in [-0.1, -0.05) is 25.5 Å². The minimum atomic E-state index is -0.856. The van der Waals surface area contributed by atoms with E-state index in [0.717, 1.165) is 49.1 Å². The van der Waals surface area contributed by atoms with Crippen molar-refractivity contribution in [1.29, 1.82) is 0 Å². The second-order valence-electron chi connectivity index (χ2n) is 11.1. The number of hydrogen-bond acceptors (Lipinski definition) is 6. The van der Waals surface area contributed by atoms with E-state index in [1.54, 1.807) is 11.9 Å². The number of amides is 2. The number of carboxylic acids is 1. The first-order chi connectivity index (χ1) is 18.1. The molecule has 1 aromatic rings. The lowest BCUT2D eigenvalue weighted by Gasteiger charge is -2.31. The third-order valence-corrected chi connectivity index (χ3v) is 7.98. The van der Waals surface area contributed by atoms with Gasteiger partial charge in [-0.2, -0.15) is 0 Å². The molecule has 0 bridgehead atoms. The summed E-state index contributed by atoms with van der Waals surface area (Å²) in [6.07, 6.45) is 4.17. The molecule has 0 spiro atoms. The Morgan fingerprint density at radius 1 is 1.08 bits per heavy atom. The molecule has 2 amide bonds. The molecule has 0 aromatic heterocycles. The molecule has 2 aliphatic heterocycles. The van der Waals surface area contributed by atoms with Crippen molar-refractivity contribution in [2.75, 3.05) is 67.0 Å². The van der Waals surface area contributed by atoms with Crippen LogP contribution in [0.2, 0.25) is 0 Å².